The van der Waals surface area contributed by atoms with Gasteiger partial charge in [-0.25, -0.2) is 4.79 Å². The van der Waals surface area contributed by atoms with Gasteiger partial charge in [0, 0.05) is 42.2 Å². The number of carbonyl (C=O) groups is 1. The molecule has 0 spiro atoms. The summed E-state index contributed by atoms with van der Waals surface area (Å²) in [6.07, 6.45) is 1.20. The molecule has 0 radical (unpaired) electrons. The maximum absolute atomic E-state index is 13.4. The molecule has 0 saturated carbocycles. The third kappa shape index (κ3) is 5.49. The molecule has 36 heavy (non-hydrogen) atoms. The molecule has 1 N–H and O–H groups in total. The SMILES string of the molecule is CC1=C(C(=O)OCCN(C)Cc2ccccc2)C(c2cccc([N+](=O)[O-])c2)C(c2nnco2)=C(C)N1. The summed E-state index contributed by atoms with van der Waals surface area (Å²) in [6.45, 7) is 5.04. The zero-order valence-electron chi connectivity index (χ0n) is 20.3. The lowest BCUT2D eigenvalue weighted by atomic mass is 9.80. The number of nitro groups is 1. The van der Waals surface area contributed by atoms with E-state index in [1.165, 1.54) is 18.5 Å². The maximum atomic E-state index is 13.4. The number of rotatable bonds is 9. The Kier molecular flexibility index (Phi) is 7.55. The molecule has 0 amide bonds. The van der Waals surface area contributed by atoms with Gasteiger partial charge in [0.2, 0.25) is 12.3 Å². The van der Waals surface area contributed by atoms with Gasteiger partial charge >= 0.3 is 5.97 Å². The molecule has 0 aliphatic carbocycles. The lowest BCUT2D eigenvalue weighted by Gasteiger charge is -2.30. The zero-order chi connectivity index (χ0) is 25.7. The fourth-order valence-corrected chi connectivity index (χ4v) is 4.34. The smallest absolute Gasteiger partial charge is 0.336 e. The number of dihydropyridines is 1. The van der Waals surface area contributed by atoms with Crippen LogP contribution in [0.3, 0.4) is 0 Å². The van der Waals surface area contributed by atoms with E-state index in [0.29, 0.717) is 34.6 Å². The molecule has 2 aromatic carbocycles. The van der Waals surface area contributed by atoms with E-state index in [2.05, 4.69) is 20.4 Å². The summed E-state index contributed by atoms with van der Waals surface area (Å²) in [4.78, 5) is 26.5. The molecule has 1 aromatic heterocycles. The number of nitrogens with zero attached hydrogens (tertiary/aromatic N) is 4. The standard InChI is InChI=1S/C26H27N5O5/c1-17-22(25-29-27-16-36-25)24(20-10-7-11-21(14-20)31(33)34)23(18(2)28-17)26(32)35-13-12-30(3)15-19-8-5-4-6-9-19/h4-11,14,16,24,28H,12-13,15H2,1-3H3. The first-order valence-electron chi connectivity index (χ1n) is 11.4. The highest BCUT2D eigenvalue weighted by Crippen LogP contribution is 2.43. The van der Waals surface area contributed by atoms with Crippen molar-refractivity contribution in [1.29, 1.82) is 0 Å². The molecule has 2 heterocycles. The Morgan fingerprint density at radius 2 is 1.94 bits per heavy atom. The number of esters is 1. The summed E-state index contributed by atoms with van der Waals surface area (Å²) in [7, 11) is 1.96. The minimum absolute atomic E-state index is 0.0820. The minimum atomic E-state index is -0.693. The van der Waals surface area contributed by atoms with Gasteiger partial charge in [0.15, 0.2) is 0 Å². The Morgan fingerprint density at radius 3 is 2.64 bits per heavy atom. The average molecular weight is 490 g/mol. The molecule has 4 rings (SSSR count). The number of nitro benzene ring substituents is 1. The molecule has 10 heteroatoms. The van der Waals surface area contributed by atoms with Crippen molar-refractivity contribution in [1.82, 2.24) is 20.4 Å². The fourth-order valence-electron chi connectivity index (χ4n) is 4.34. The highest BCUT2D eigenvalue weighted by Gasteiger charge is 2.37. The van der Waals surface area contributed by atoms with E-state index in [1.54, 1.807) is 19.1 Å². The van der Waals surface area contributed by atoms with E-state index in [9.17, 15) is 14.9 Å². The molecule has 186 valence electrons. The number of allylic oxidation sites excluding steroid dienone is 3. The summed E-state index contributed by atoms with van der Waals surface area (Å²) >= 11 is 0. The Hall–Kier alpha value is -4.31. The molecule has 10 nitrogen and oxygen atoms in total. The number of benzene rings is 2. The number of hydrogen-bond acceptors (Lipinski definition) is 9. The molecule has 3 aromatic rings. The van der Waals surface area contributed by atoms with Gasteiger partial charge in [-0.2, -0.15) is 0 Å². The van der Waals surface area contributed by atoms with Crippen LogP contribution in [-0.2, 0) is 16.1 Å². The van der Waals surface area contributed by atoms with Gasteiger partial charge < -0.3 is 14.5 Å². The minimum Gasteiger partial charge on any atom is -0.461 e. The molecule has 0 saturated heterocycles. The Balaban J connectivity index is 1.59. The van der Waals surface area contributed by atoms with Crippen LogP contribution in [0.5, 0.6) is 0 Å². The Labute approximate surface area is 208 Å². The van der Waals surface area contributed by atoms with Gasteiger partial charge in [-0.15, -0.1) is 10.2 Å². The zero-order valence-corrected chi connectivity index (χ0v) is 20.3. The Bertz CT molecular complexity index is 1300. The van der Waals surface area contributed by atoms with E-state index in [4.69, 9.17) is 9.15 Å². The number of hydrogen-bond donors (Lipinski definition) is 1. The number of likely N-dealkylation sites (N-methyl/N-ethyl adjacent to an activating group) is 1. The molecule has 1 aliphatic rings. The summed E-state index contributed by atoms with van der Waals surface area (Å²) < 4.78 is 11.2. The molecule has 0 fully saturated rings. The molecular formula is C26H27N5O5. The number of carbonyl (C=O) groups excluding carboxylic acids is 1. The number of non-ortho nitro benzene ring substituents is 1. The first-order chi connectivity index (χ1) is 17.3. The molecule has 1 atom stereocenters. The largest absolute Gasteiger partial charge is 0.461 e. The second-order valence-corrected chi connectivity index (χ2v) is 8.59. The van der Waals surface area contributed by atoms with E-state index in [-0.39, 0.29) is 18.2 Å². The van der Waals surface area contributed by atoms with Crippen LogP contribution in [0.4, 0.5) is 5.69 Å². The van der Waals surface area contributed by atoms with Crippen molar-refractivity contribution in [2.24, 2.45) is 0 Å². The molecule has 1 unspecified atom stereocenters. The van der Waals surface area contributed by atoms with E-state index in [0.717, 1.165) is 12.1 Å². The highest BCUT2D eigenvalue weighted by molar-refractivity contribution is 5.97. The lowest BCUT2D eigenvalue weighted by Crippen LogP contribution is -2.30. The lowest BCUT2D eigenvalue weighted by molar-refractivity contribution is -0.384. The average Bonchev–Trinajstić information content (AvgIpc) is 3.38. The van der Waals surface area contributed by atoms with Crippen LogP contribution in [0.15, 0.2) is 82.4 Å². The van der Waals surface area contributed by atoms with Gasteiger partial charge in [-0.1, -0.05) is 42.5 Å². The van der Waals surface area contributed by atoms with Crippen molar-refractivity contribution < 1.29 is 18.9 Å². The van der Waals surface area contributed by atoms with Gasteiger partial charge in [0.1, 0.15) is 6.61 Å². The highest BCUT2D eigenvalue weighted by atomic mass is 16.6. The second-order valence-electron chi connectivity index (χ2n) is 8.59. The molecule has 0 bridgehead atoms. The molecule has 1 aliphatic heterocycles. The summed E-state index contributed by atoms with van der Waals surface area (Å²) in [5, 5.41) is 22.5. The van der Waals surface area contributed by atoms with Crippen LogP contribution in [0.2, 0.25) is 0 Å². The monoisotopic (exact) mass is 489 g/mol. The first-order valence-corrected chi connectivity index (χ1v) is 11.4. The van der Waals surface area contributed by atoms with Crippen molar-refractivity contribution in [3.05, 3.63) is 105 Å². The van der Waals surface area contributed by atoms with Gasteiger partial charge in [0.25, 0.3) is 5.69 Å². The van der Waals surface area contributed by atoms with Crippen molar-refractivity contribution in [3.8, 4) is 0 Å². The van der Waals surface area contributed by atoms with Crippen molar-refractivity contribution >= 4 is 17.2 Å². The quantitative estimate of drug-likeness (QED) is 0.269. The predicted molar refractivity (Wildman–Crippen MR) is 132 cm³/mol. The number of aromatic nitrogens is 2. The van der Waals surface area contributed by atoms with Crippen LogP contribution in [-0.4, -0.2) is 46.2 Å². The van der Waals surface area contributed by atoms with Crippen molar-refractivity contribution in [3.63, 3.8) is 0 Å². The van der Waals surface area contributed by atoms with Gasteiger partial charge in [0.05, 0.1) is 16.4 Å². The Morgan fingerprint density at radius 1 is 1.17 bits per heavy atom. The van der Waals surface area contributed by atoms with Crippen LogP contribution < -0.4 is 5.32 Å². The van der Waals surface area contributed by atoms with Crippen LogP contribution in [0.25, 0.3) is 5.57 Å². The van der Waals surface area contributed by atoms with Gasteiger partial charge in [-0.05, 0) is 32.0 Å². The third-order valence-electron chi connectivity index (χ3n) is 5.99. The van der Waals surface area contributed by atoms with Crippen LogP contribution >= 0.6 is 0 Å². The van der Waals surface area contributed by atoms with E-state index in [1.807, 2.05) is 44.3 Å². The second kappa shape index (κ2) is 11.0. The van der Waals surface area contributed by atoms with E-state index >= 15 is 0 Å². The van der Waals surface area contributed by atoms with Crippen LogP contribution in [0, 0.1) is 10.1 Å². The summed E-state index contributed by atoms with van der Waals surface area (Å²) in [5.74, 6) is -0.993. The van der Waals surface area contributed by atoms with E-state index < -0.39 is 16.8 Å². The predicted octanol–water partition coefficient (Wildman–Crippen LogP) is 4.05. The number of nitrogens with one attached hydrogen (secondary N) is 1. The summed E-state index contributed by atoms with van der Waals surface area (Å²) in [6, 6.07) is 16.2. The van der Waals surface area contributed by atoms with Crippen molar-refractivity contribution in [2.75, 3.05) is 20.2 Å². The fraction of sp³-hybridized carbons (Fsp3) is 0.269. The molecular weight excluding hydrogens is 462 g/mol. The summed E-state index contributed by atoms with van der Waals surface area (Å²) in [5.41, 5.74) is 3.82. The van der Waals surface area contributed by atoms with Crippen LogP contribution in [0.1, 0.15) is 36.8 Å². The number of ether oxygens (including phenoxy) is 1. The third-order valence-corrected chi connectivity index (χ3v) is 5.99. The van der Waals surface area contributed by atoms with Gasteiger partial charge in [-0.3, -0.25) is 15.0 Å². The normalized spacial score (nSPS) is 15.7. The maximum Gasteiger partial charge on any atom is 0.336 e. The first kappa shape index (κ1) is 24.8. The van der Waals surface area contributed by atoms with Crippen molar-refractivity contribution in [2.45, 2.75) is 26.3 Å². The topological polar surface area (TPSA) is 124 Å².